The highest BCUT2D eigenvalue weighted by atomic mass is 16.7. The molecule has 10 heteroatoms. The quantitative estimate of drug-likeness (QED) is 0.205. The van der Waals surface area contributed by atoms with E-state index in [-0.39, 0.29) is 44.5 Å². The molecule has 7 N–H and O–H groups in total. The van der Waals surface area contributed by atoms with E-state index in [2.05, 4.69) is 10.6 Å². The van der Waals surface area contributed by atoms with E-state index in [1.807, 2.05) is 0 Å². The number of hydrogen-bond acceptors (Lipinski definition) is 8. The van der Waals surface area contributed by atoms with Gasteiger partial charge in [0, 0.05) is 25.9 Å². The number of hydrogen-bond donors (Lipinski definition) is 6. The molecule has 0 aliphatic carbocycles. The third-order valence-electron chi connectivity index (χ3n) is 4.00. The maximum atomic E-state index is 11.7. The number of carbonyl (C=O) groups is 2. The van der Waals surface area contributed by atoms with Gasteiger partial charge < -0.3 is 41.2 Å². The second-order valence-electron chi connectivity index (χ2n) is 6.19. The highest BCUT2D eigenvalue weighted by Gasteiger charge is 2.37. The van der Waals surface area contributed by atoms with Crippen LogP contribution in [0.5, 0.6) is 0 Å². The summed E-state index contributed by atoms with van der Waals surface area (Å²) in [4.78, 5) is 22.6. The molecule has 3 unspecified atom stereocenters. The van der Waals surface area contributed by atoms with Crippen molar-refractivity contribution in [3.05, 3.63) is 0 Å². The molecule has 10 nitrogen and oxygen atoms in total. The Morgan fingerprint density at radius 2 is 1.85 bits per heavy atom. The molecule has 1 saturated heterocycles. The molecule has 26 heavy (non-hydrogen) atoms. The highest BCUT2D eigenvalue weighted by Crippen LogP contribution is 2.20. The van der Waals surface area contributed by atoms with Crippen LogP contribution in [0.3, 0.4) is 0 Å². The fourth-order valence-electron chi connectivity index (χ4n) is 2.51. The average Bonchev–Trinajstić information content (AvgIpc) is 2.64. The minimum absolute atomic E-state index is 0.0208. The Hall–Kier alpha value is -1.30. The largest absolute Gasteiger partial charge is 0.394 e. The Morgan fingerprint density at radius 3 is 2.54 bits per heavy atom. The molecule has 1 aliphatic rings. The van der Waals surface area contributed by atoms with Crippen molar-refractivity contribution in [2.24, 2.45) is 5.73 Å². The Balaban J connectivity index is 2.04. The van der Waals surface area contributed by atoms with Gasteiger partial charge in [-0.15, -0.1) is 0 Å². The number of unbranched alkanes of at least 4 members (excludes halogenated alkanes) is 2. The van der Waals surface area contributed by atoms with Crippen molar-refractivity contribution in [3.8, 4) is 0 Å². The van der Waals surface area contributed by atoms with Crippen LogP contribution in [0.15, 0.2) is 0 Å². The maximum absolute atomic E-state index is 11.7. The van der Waals surface area contributed by atoms with E-state index in [1.165, 1.54) is 0 Å². The zero-order valence-corrected chi connectivity index (χ0v) is 14.9. The van der Waals surface area contributed by atoms with Gasteiger partial charge in [0.1, 0.15) is 6.10 Å². The molecule has 0 radical (unpaired) electrons. The molecule has 0 aromatic carbocycles. The van der Waals surface area contributed by atoms with Gasteiger partial charge >= 0.3 is 0 Å². The van der Waals surface area contributed by atoms with Crippen LogP contribution >= 0.6 is 0 Å². The van der Waals surface area contributed by atoms with Gasteiger partial charge in [0.25, 0.3) is 0 Å². The second kappa shape index (κ2) is 13.0. The first-order chi connectivity index (χ1) is 12.5. The summed E-state index contributed by atoms with van der Waals surface area (Å²) in [5.41, 5.74) is 5.17. The van der Waals surface area contributed by atoms with Gasteiger partial charge in [-0.25, -0.2) is 0 Å². The molecule has 1 heterocycles. The van der Waals surface area contributed by atoms with Crippen molar-refractivity contribution < 1.29 is 34.4 Å². The van der Waals surface area contributed by atoms with Crippen molar-refractivity contribution >= 4 is 11.8 Å². The van der Waals surface area contributed by atoms with E-state index in [1.54, 1.807) is 0 Å². The molecule has 0 spiro atoms. The highest BCUT2D eigenvalue weighted by molar-refractivity contribution is 5.77. The first-order valence-corrected chi connectivity index (χ1v) is 8.95. The summed E-state index contributed by atoms with van der Waals surface area (Å²) in [6.07, 6.45) is -0.990. The van der Waals surface area contributed by atoms with Crippen molar-refractivity contribution in [2.45, 2.75) is 56.7 Å². The topological polar surface area (TPSA) is 163 Å². The summed E-state index contributed by atoms with van der Waals surface area (Å²) in [5, 5.41) is 33.9. The van der Waals surface area contributed by atoms with Crippen LogP contribution < -0.4 is 16.4 Å². The zero-order valence-electron chi connectivity index (χ0n) is 14.9. The SMILES string of the molecule is NCC(=O)NCCCCCC(=O)NCCO[C@H]1OC(CO)CC(O)C1O. The fourth-order valence-corrected chi connectivity index (χ4v) is 2.51. The summed E-state index contributed by atoms with van der Waals surface area (Å²) < 4.78 is 10.7. The van der Waals surface area contributed by atoms with Gasteiger partial charge in [-0.3, -0.25) is 9.59 Å². The Kier molecular flexibility index (Phi) is 11.3. The lowest BCUT2D eigenvalue weighted by atomic mass is 10.0. The molecule has 0 aromatic rings. The minimum atomic E-state index is -1.19. The predicted octanol–water partition coefficient (Wildman–Crippen LogP) is -2.42. The van der Waals surface area contributed by atoms with Gasteiger partial charge in [0.05, 0.1) is 32.0 Å². The lowest BCUT2D eigenvalue weighted by Gasteiger charge is -2.36. The Morgan fingerprint density at radius 1 is 1.12 bits per heavy atom. The zero-order chi connectivity index (χ0) is 19.4. The monoisotopic (exact) mass is 377 g/mol. The van der Waals surface area contributed by atoms with E-state index in [4.69, 9.17) is 20.3 Å². The van der Waals surface area contributed by atoms with E-state index in [0.717, 1.165) is 12.8 Å². The molecule has 1 aliphatic heterocycles. The van der Waals surface area contributed by atoms with E-state index in [0.29, 0.717) is 19.4 Å². The summed E-state index contributed by atoms with van der Waals surface area (Å²) >= 11 is 0. The number of carbonyl (C=O) groups excluding carboxylic acids is 2. The van der Waals surface area contributed by atoms with Gasteiger partial charge in [-0.1, -0.05) is 6.42 Å². The Bertz CT molecular complexity index is 425. The standard InChI is InChI=1S/C16H31N3O7/c17-9-14(23)18-5-3-1-2-4-13(22)19-6-7-25-16-15(24)12(21)8-11(10-20)26-16/h11-12,15-16,20-21,24H,1-10,17H2,(H,18,23)(H,19,22)/t11?,12?,15?,16-/m0/s1. The molecular formula is C16H31N3O7. The number of ether oxygens (including phenoxy) is 2. The van der Waals surface area contributed by atoms with Crippen LogP contribution in [0, 0.1) is 0 Å². The Labute approximate surface area is 153 Å². The van der Waals surface area contributed by atoms with E-state index in [9.17, 15) is 19.8 Å². The molecule has 4 atom stereocenters. The molecule has 2 amide bonds. The first kappa shape index (κ1) is 22.7. The lowest BCUT2D eigenvalue weighted by Crippen LogP contribution is -2.50. The van der Waals surface area contributed by atoms with Crippen LogP contribution in [0.25, 0.3) is 0 Å². The fraction of sp³-hybridized carbons (Fsp3) is 0.875. The molecule has 0 saturated carbocycles. The van der Waals surface area contributed by atoms with E-state index >= 15 is 0 Å². The van der Waals surface area contributed by atoms with E-state index < -0.39 is 24.6 Å². The first-order valence-electron chi connectivity index (χ1n) is 8.95. The van der Waals surface area contributed by atoms with Crippen molar-refractivity contribution in [1.29, 1.82) is 0 Å². The van der Waals surface area contributed by atoms with Crippen LogP contribution in [0.1, 0.15) is 32.1 Å². The third-order valence-corrected chi connectivity index (χ3v) is 4.00. The molecule has 152 valence electrons. The van der Waals surface area contributed by atoms with Crippen LogP contribution in [0.4, 0.5) is 0 Å². The number of amides is 2. The van der Waals surface area contributed by atoms with Gasteiger partial charge in [-0.05, 0) is 12.8 Å². The van der Waals surface area contributed by atoms with Gasteiger partial charge in [0.15, 0.2) is 6.29 Å². The predicted molar refractivity (Wildman–Crippen MR) is 91.9 cm³/mol. The van der Waals surface area contributed by atoms with Crippen molar-refractivity contribution in [2.75, 3.05) is 32.8 Å². The minimum Gasteiger partial charge on any atom is -0.394 e. The van der Waals surface area contributed by atoms with Crippen molar-refractivity contribution in [1.82, 2.24) is 10.6 Å². The number of rotatable bonds is 12. The van der Waals surface area contributed by atoms with Crippen LogP contribution in [-0.2, 0) is 19.1 Å². The number of aliphatic hydroxyl groups is 3. The molecule has 1 fully saturated rings. The summed E-state index contributed by atoms with van der Waals surface area (Å²) in [6.45, 7) is 0.625. The number of nitrogens with two attached hydrogens (primary N) is 1. The number of nitrogens with one attached hydrogen (secondary N) is 2. The van der Waals surface area contributed by atoms with Gasteiger partial charge in [0.2, 0.25) is 11.8 Å². The number of aliphatic hydroxyl groups excluding tert-OH is 3. The van der Waals surface area contributed by atoms with Crippen molar-refractivity contribution in [3.63, 3.8) is 0 Å². The normalized spacial score (nSPS) is 25.7. The third kappa shape index (κ3) is 8.88. The molecule has 0 aromatic heterocycles. The second-order valence-corrected chi connectivity index (χ2v) is 6.19. The summed E-state index contributed by atoms with van der Waals surface area (Å²) in [5.74, 6) is -0.300. The van der Waals surface area contributed by atoms with Crippen LogP contribution in [-0.4, -0.2) is 84.6 Å². The smallest absolute Gasteiger partial charge is 0.233 e. The molecule has 0 bridgehead atoms. The average molecular weight is 377 g/mol. The summed E-state index contributed by atoms with van der Waals surface area (Å²) in [6, 6.07) is 0. The molecule has 1 rings (SSSR count). The summed E-state index contributed by atoms with van der Waals surface area (Å²) in [7, 11) is 0. The van der Waals surface area contributed by atoms with Gasteiger partial charge in [-0.2, -0.15) is 0 Å². The maximum Gasteiger partial charge on any atom is 0.233 e. The van der Waals surface area contributed by atoms with Crippen LogP contribution in [0.2, 0.25) is 0 Å². The molecular weight excluding hydrogens is 346 g/mol. The lowest BCUT2D eigenvalue weighted by molar-refractivity contribution is -0.270.